The van der Waals surface area contributed by atoms with Crippen molar-refractivity contribution in [2.75, 3.05) is 19.8 Å². The zero-order chi connectivity index (χ0) is 21.6. The van der Waals surface area contributed by atoms with Gasteiger partial charge in [-0.25, -0.2) is 0 Å². The summed E-state index contributed by atoms with van der Waals surface area (Å²) in [4.78, 5) is 0. The van der Waals surface area contributed by atoms with Crippen molar-refractivity contribution in [2.45, 2.75) is 55.8 Å². The van der Waals surface area contributed by atoms with E-state index in [2.05, 4.69) is 23.7 Å². The summed E-state index contributed by atoms with van der Waals surface area (Å²) in [7, 11) is 0. The number of allylic oxidation sites excluding steroid dienone is 2. The van der Waals surface area contributed by atoms with E-state index in [1.54, 1.807) is 6.08 Å². The molecule has 0 aromatic heterocycles. The molecule has 1 fully saturated rings. The van der Waals surface area contributed by atoms with Gasteiger partial charge >= 0.3 is 0 Å². The molecule has 0 aromatic rings. The second-order valence-corrected chi connectivity index (χ2v) is 6.16. The largest absolute Gasteiger partial charge is 0.396 e. The van der Waals surface area contributed by atoms with Crippen LogP contribution in [0, 0.1) is 23.7 Å². The molecule has 1 saturated heterocycles. The summed E-state index contributed by atoms with van der Waals surface area (Å²) >= 11 is 0. The fourth-order valence-electron chi connectivity index (χ4n) is 2.38. The van der Waals surface area contributed by atoms with Crippen LogP contribution in [0.5, 0.6) is 0 Å². The van der Waals surface area contributed by atoms with Crippen LogP contribution in [-0.4, -0.2) is 98.5 Å². The fraction of sp³-hybridized carbons (Fsp3) is 0.600. The molecular formula is C20H28O9. The summed E-state index contributed by atoms with van der Waals surface area (Å²) in [5.41, 5.74) is 0. The van der Waals surface area contributed by atoms with Crippen LogP contribution in [0.3, 0.4) is 0 Å². The van der Waals surface area contributed by atoms with Gasteiger partial charge in [-0.2, -0.15) is 0 Å². The lowest BCUT2D eigenvalue weighted by molar-refractivity contribution is -0.311. The summed E-state index contributed by atoms with van der Waals surface area (Å²) in [5.74, 6) is 9.88. The smallest absolute Gasteiger partial charge is 0.187 e. The molecule has 162 valence electrons. The fourth-order valence-corrected chi connectivity index (χ4v) is 2.38. The summed E-state index contributed by atoms with van der Waals surface area (Å²) < 4.78 is 10.8. The molecule has 0 spiro atoms. The highest BCUT2D eigenvalue weighted by molar-refractivity contribution is 5.32. The second-order valence-electron chi connectivity index (χ2n) is 6.16. The Morgan fingerprint density at radius 3 is 2.41 bits per heavy atom. The van der Waals surface area contributed by atoms with Crippen LogP contribution < -0.4 is 0 Å². The monoisotopic (exact) mass is 412 g/mol. The van der Waals surface area contributed by atoms with Gasteiger partial charge in [0.1, 0.15) is 36.6 Å². The standard InChI is InChI=1S/C20H28O9/c21-11-7-3-1-2-5-9-14(24)15(10-6-4-8-12-22)28-20-19(27)18(26)17(25)16(13-23)29-20/h3,6-7,10,14-27H,4,8,11-13H2/b7-3+,10-6+/t14-,15-,16-,17-,18+,19-,20-/m1/s1. The zero-order valence-corrected chi connectivity index (χ0v) is 15.8. The number of ether oxygens (including phenoxy) is 2. The van der Waals surface area contributed by atoms with Crippen LogP contribution >= 0.6 is 0 Å². The molecule has 0 amide bonds. The third kappa shape index (κ3) is 8.64. The van der Waals surface area contributed by atoms with Gasteiger partial charge < -0.3 is 45.2 Å². The van der Waals surface area contributed by atoms with Gasteiger partial charge in [0, 0.05) is 6.61 Å². The summed E-state index contributed by atoms with van der Waals surface area (Å²) in [5, 5.41) is 66.8. The number of hydrogen-bond donors (Lipinski definition) is 7. The first-order chi connectivity index (χ1) is 14.0. The van der Waals surface area contributed by atoms with Gasteiger partial charge in [0.25, 0.3) is 0 Å². The molecule has 9 nitrogen and oxygen atoms in total. The molecule has 7 N–H and O–H groups in total. The number of hydrogen-bond acceptors (Lipinski definition) is 9. The van der Waals surface area contributed by atoms with Crippen LogP contribution in [0.15, 0.2) is 24.3 Å². The topological polar surface area (TPSA) is 160 Å². The Bertz CT molecular complexity index is 638. The lowest BCUT2D eigenvalue weighted by atomic mass is 9.99. The first-order valence-electron chi connectivity index (χ1n) is 9.14. The van der Waals surface area contributed by atoms with Gasteiger partial charge in [-0.05, 0) is 30.8 Å². The Morgan fingerprint density at radius 2 is 1.76 bits per heavy atom. The van der Waals surface area contributed by atoms with Crippen molar-refractivity contribution in [2.24, 2.45) is 0 Å². The number of rotatable bonds is 9. The molecule has 1 heterocycles. The van der Waals surface area contributed by atoms with Gasteiger partial charge in [-0.3, -0.25) is 0 Å². The Labute approximate surface area is 169 Å². The predicted molar refractivity (Wildman–Crippen MR) is 102 cm³/mol. The second kappa shape index (κ2) is 14.3. The highest BCUT2D eigenvalue weighted by Crippen LogP contribution is 2.23. The molecule has 29 heavy (non-hydrogen) atoms. The Balaban J connectivity index is 2.90. The van der Waals surface area contributed by atoms with Crippen molar-refractivity contribution >= 4 is 0 Å². The van der Waals surface area contributed by atoms with Crippen molar-refractivity contribution in [3.63, 3.8) is 0 Å². The number of unbranched alkanes of at least 4 members (excludes halogenated alkanes) is 1. The quantitative estimate of drug-likeness (QED) is 0.123. The molecule has 1 rings (SSSR count). The molecular weight excluding hydrogens is 384 g/mol. The van der Waals surface area contributed by atoms with E-state index in [0.29, 0.717) is 12.8 Å². The lowest BCUT2D eigenvalue weighted by Gasteiger charge is -2.40. The first kappa shape index (κ1) is 25.3. The third-order valence-electron chi connectivity index (χ3n) is 3.97. The Hall–Kier alpha value is -1.76. The van der Waals surface area contributed by atoms with Crippen molar-refractivity contribution in [1.82, 2.24) is 0 Å². The molecule has 0 saturated carbocycles. The predicted octanol–water partition coefficient (Wildman–Crippen LogP) is -2.58. The molecule has 0 aliphatic carbocycles. The van der Waals surface area contributed by atoms with Crippen LogP contribution in [0.25, 0.3) is 0 Å². The van der Waals surface area contributed by atoms with Gasteiger partial charge in [0.15, 0.2) is 6.29 Å². The van der Waals surface area contributed by atoms with E-state index in [-0.39, 0.29) is 13.2 Å². The van der Waals surface area contributed by atoms with Gasteiger partial charge in [-0.1, -0.05) is 30.1 Å². The minimum Gasteiger partial charge on any atom is -0.396 e. The normalized spacial score (nSPS) is 29.1. The minimum atomic E-state index is -1.62. The van der Waals surface area contributed by atoms with E-state index in [0.717, 1.165) is 0 Å². The molecule has 7 atom stereocenters. The van der Waals surface area contributed by atoms with Crippen molar-refractivity contribution < 1.29 is 45.2 Å². The molecule has 0 aromatic carbocycles. The Morgan fingerprint density at radius 1 is 1.00 bits per heavy atom. The van der Waals surface area contributed by atoms with Gasteiger partial charge in [0.05, 0.1) is 13.2 Å². The molecule has 0 unspecified atom stereocenters. The maximum Gasteiger partial charge on any atom is 0.187 e. The average Bonchev–Trinajstić information content (AvgIpc) is 2.72. The van der Waals surface area contributed by atoms with Gasteiger partial charge in [0.2, 0.25) is 0 Å². The molecule has 0 radical (unpaired) electrons. The van der Waals surface area contributed by atoms with E-state index in [9.17, 15) is 25.5 Å². The van der Waals surface area contributed by atoms with E-state index in [1.165, 1.54) is 18.2 Å². The van der Waals surface area contributed by atoms with E-state index >= 15 is 0 Å². The lowest BCUT2D eigenvalue weighted by Crippen LogP contribution is -2.60. The van der Waals surface area contributed by atoms with Crippen LogP contribution in [0.1, 0.15) is 12.8 Å². The van der Waals surface area contributed by atoms with E-state index in [4.69, 9.17) is 19.7 Å². The highest BCUT2D eigenvalue weighted by Gasteiger charge is 2.45. The maximum absolute atomic E-state index is 10.3. The van der Waals surface area contributed by atoms with E-state index in [1.807, 2.05) is 0 Å². The molecule has 1 aliphatic heterocycles. The average molecular weight is 412 g/mol. The Kier molecular flexibility index (Phi) is 12.4. The van der Waals surface area contributed by atoms with Crippen molar-refractivity contribution in [3.8, 4) is 23.7 Å². The number of aliphatic hydroxyl groups is 7. The van der Waals surface area contributed by atoms with Gasteiger partial charge in [-0.15, -0.1) is 0 Å². The molecule has 0 bridgehead atoms. The summed E-state index contributed by atoms with van der Waals surface area (Å²) in [6.45, 7) is -0.776. The first-order valence-corrected chi connectivity index (χ1v) is 9.14. The highest BCUT2D eigenvalue weighted by atomic mass is 16.7. The molecule has 9 heteroatoms. The molecule has 1 aliphatic rings. The maximum atomic E-state index is 10.3. The summed E-state index contributed by atoms with van der Waals surface area (Å²) in [6.07, 6.45) is -2.88. The summed E-state index contributed by atoms with van der Waals surface area (Å²) in [6, 6.07) is 0. The van der Waals surface area contributed by atoms with Crippen LogP contribution in [0.2, 0.25) is 0 Å². The zero-order valence-electron chi connectivity index (χ0n) is 15.8. The van der Waals surface area contributed by atoms with Crippen LogP contribution in [0.4, 0.5) is 0 Å². The number of aliphatic hydroxyl groups excluding tert-OH is 7. The van der Waals surface area contributed by atoms with Crippen molar-refractivity contribution in [1.29, 1.82) is 0 Å². The minimum absolute atomic E-state index is 0.0120. The van der Waals surface area contributed by atoms with Crippen molar-refractivity contribution in [3.05, 3.63) is 24.3 Å². The SMILES string of the molecule is OC/C=C/C#CC#C[C@@H](O)[C@@H](/C=C/CCCO)O[C@@H]1O[C@H](CO)[C@@H](O)[C@H](O)[C@H]1O. The third-order valence-corrected chi connectivity index (χ3v) is 3.97. The van der Waals surface area contributed by atoms with Crippen LogP contribution in [-0.2, 0) is 9.47 Å². The van der Waals surface area contributed by atoms with E-state index < -0.39 is 49.5 Å².